The minimum atomic E-state index is -0.741. The van der Waals surface area contributed by atoms with E-state index in [2.05, 4.69) is 4.98 Å². The molecule has 1 aliphatic rings. The van der Waals surface area contributed by atoms with E-state index < -0.39 is 10.8 Å². The minimum absolute atomic E-state index is 0.0537. The van der Waals surface area contributed by atoms with Crippen LogP contribution in [0.3, 0.4) is 0 Å². The summed E-state index contributed by atoms with van der Waals surface area (Å²) in [5.41, 5.74) is 5.96. The molecule has 0 bridgehead atoms. The number of nitro groups is 1. The van der Waals surface area contributed by atoms with E-state index in [1.54, 1.807) is 7.05 Å². The van der Waals surface area contributed by atoms with Crippen LogP contribution in [0.1, 0.15) is 27.2 Å². The van der Waals surface area contributed by atoms with Gasteiger partial charge in [-0.25, -0.2) is 4.98 Å². The van der Waals surface area contributed by atoms with E-state index >= 15 is 0 Å². The van der Waals surface area contributed by atoms with Gasteiger partial charge >= 0.3 is 0 Å². The Morgan fingerprint density at radius 2 is 2.19 bits per heavy atom. The van der Waals surface area contributed by atoms with Crippen LogP contribution in [0.5, 0.6) is 0 Å². The third-order valence-corrected chi connectivity index (χ3v) is 6.85. The Kier molecular flexibility index (Phi) is 4.23. The average molecular weight is 402 g/mol. The molecular formula is C17H14N4O4S2. The van der Waals surface area contributed by atoms with Gasteiger partial charge in [0, 0.05) is 23.6 Å². The van der Waals surface area contributed by atoms with Gasteiger partial charge < -0.3 is 5.73 Å². The molecule has 1 aliphatic carbocycles. The average Bonchev–Trinajstić information content (AvgIpc) is 3.19. The van der Waals surface area contributed by atoms with Crippen molar-refractivity contribution in [1.29, 1.82) is 0 Å². The number of thiophene rings is 1. The Morgan fingerprint density at radius 3 is 2.89 bits per heavy atom. The number of fused-ring (bicyclic) bond motifs is 3. The number of aryl methyl sites for hydroxylation is 2. The van der Waals surface area contributed by atoms with E-state index in [0.29, 0.717) is 15.4 Å². The zero-order valence-corrected chi connectivity index (χ0v) is 15.9. The predicted octanol–water partition coefficient (Wildman–Crippen LogP) is 2.64. The summed E-state index contributed by atoms with van der Waals surface area (Å²) in [7, 11) is 1.61. The first-order valence-corrected chi connectivity index (χ1v) is 9.77. The van der Waals surface area contributed by atoms with Crippen molar-refractivity contribution in [1.82, 2.24) is 9.55 Å². The van der Waals surface area contributed by atoms with Gasteiger partial charge in [0.25, 0.3) is 11.2 Å². The Labute approximate surface area is 161 Å². The fourth-order valence-electron chi connectivity index (χ4n) is 3.19. The molecule has 0 fully saturated rings. The third kappa shape index (κ3) is 2.90. The number of benzene rings is 1. The molecule has 0 unspecified atom stereocenters. The summed E-state index contributed by atoms with van der Waals surface area (Å²) >= 11 is 2.54. The first-order chi connectivity index (χ1) is 12.9. The summed E-state index contributed by atoms with van der Waals surface area (Å²) in [6, 6.07) is 4.02. The van der Waals surface area contributed by atoms with Crippen molar-refractivity contribution in [3.05, 3.63) is 54.7 Å². The number of primary amides is 1. The van der Waals surface area contributed by atoms with E-state index in [0.717, 1.165) is 42.7 Å². The lowest BCUT2D eigenvalue weighted by atomic mass is 10.2. The SMILES string of the molecule is Cn1c(Sc2ccc(C(N)=O)cc2[N+](=O)[O-])nc2sc3c(c2c1=O)CCC3. The van der Waals surface area contributed by atoms with Gasteiger partial charge in [-0.2, -0.15) is 0 Å². The molecule has 10 heteroatoms. The van der Waals surface area contributed by atoms with Gasteiger partial charge in [-0.1, -0.05) is 0 Å². The number of hydrogen-bond acceptors (Lipinski definition) is 7. The summed E-state index contributed by atoms with van der Waals surface area (Å²) in [5, 5.41) is 12.4. The number of carbonyl (C=O) groups is 1. The maximum Gasteiger partial charge on any atom is 0.284 e. The Balaban J connectivity index is 1.83. The quantitative estimate of drug-likeness (QED) is 0.407. The number of hydrogen-bond donors (Lipinski definition) is 1. The molecule has 1 amide bonds. The summed E-state index contributed by atoms with van der Waals surface area (Å²) in [4.78, 5) is 41.7. The highest BCUT2D eigenvalue weighted by Crippen LogP contribution is 2.38. The molecule has 138 valence electrons. The smallest absolute Gasteiger partial charge is 0.284 e. The molecule has 0 radical (unpaired) electrons. The van der Waals surface area contributed by atoms with Crippen LogP contribution in [0, 0.1) is 10.1 Å². The van der Waals surface area contributed by atoms with Crippen molar-refractivity contribution in [2.24, 2.45) is 12.8 Å². The Morgan fingerprint density at radius 1 is 1.41 bits per heavy atom. The maximum absolute atomic E-state index is 12.8. The number of nitro benzene ring substituents is 1. The number of nitrogens with zero attached hydrogens (tertiary/aromatic N) is 3. The molecule has 27 heavy (non-hydrogen) atoms. The lowest BCUT2D eigenvalue weighted by Crippen LogP contribution is -2.20. The van der Waals surface area contributed by atoms with E-state index in [4.69, 9.17) is 5.73 Å². The van der Waals surface area contributed by atoms with Gasteiger partial charge in [-0.05, 0) is 48.7 Å². The van der Waals surface area contributed by atoms with E-state index in [1.165, 1.54) is 32.9 Å². The first-order valence-electron chi connectivity index (χ1n) is 8.14. The van der Waals surface area contributed by atoms with Crippen LogP contribution in [0.4, 0.5) is 5.69 Å². The molecule has 3 aromatic rings. The number of nitrogens with two attached hydrogens (primary N) is 1. The van der Waals surface area contributed by atoms with E-state index in [1.807, 2.05) is 0 Å². The maximum atomic E-state index is 12.8. The highest BCUT2D eigenvalue weighted by Gasteiger charge is 2.24. The van der Waals surface area contributed by atoms with Crippen molar-refractivity contribution in [3.8, 4) is 0 Å². The van der Waals surface area contributed by atoms with Crippen LogP contribution in [-0.2, 0) is 19.9 Å². The van der Waals surface area contributed by atoms with Crippen LogP contribution in [-0.4, -0.2) is 20.4 Å². The van der Waals surface area contributed by atoms with Gasteiger partial charge in [-0.3, -0.25) is 24.3 Å². The number of amides is 1. The Hall–Kier alpha value is -2.72. The van der Waals surface area contributed by atoms with Gasteiger partial charge in [0.15, 0.2) is 5.16 Å². The largest absolute Gasteiger partial charge is 0.366 e. The van der Waals surface area contributed by atoms with Crippen LogP contribution in [0.2, 0.25) is 0 Å². The lowest BCUT2D eigenvalue weighted by Gasteiger charge is -2.08. The monoisotopic (exact) mass is 402 g/mol. The van der Waals surface area contributed by atoms with Crippen molar-refractivity contribution in [2.75, 3.05) is 0 Å². The molecule has 0 aliphatic heterocycles. The highest BCUT2D eigenvalue weighted by atomic mass is 32.2. The van der Waals surface area contributed by atoms with Gasteiger partial charge in [0.2, 0.25) is 5.91 Å². The zero-order chi connectivity index (χ0) is 19.3. The van der Waals surface area contributed by atoms with Gasteiger partial charge in [0.05, 0.1) is 15.2 Å². The normalized spacial score (nSPS) is 13.1. The zero-order valence-electron chi connectivity index (χ0n) is 14.2. The molecule has 2 aromatic heterocycles. The summed E-state index contributed by atoms with van der Waals surface area (Å²) in [5.74, 6) is -0.741. The van der Waals surface area contributed by atoms with Crippen molar-refractivity contribution in [2.45, 2.75) is 29.3 Å². The summed E-state index contributed by atoms with van der Waals surface area (Å²) in [6.07, 6.45) is 2.90. The van der Waals surface area contributed by atoms with Crippen molar-refractivity contribution in [3.63, 3.8) is 0 Å². The Bertz CT molecular complexity index is 1180. The molecule has 2 N–H and O–H groups in total. The first kappa shape index (κ1) is 17.7. The second-order valence-corrected chi connectivity index (χ2v) is 8.29. The van der Waals surface area contributed by atoms with Crippen LogP contribution < -0.4 is 11.3 Å². The standard InChI is InChI=1S/C17H14N4O4S2/c1-20-16(23)13-9-3-2-4-11(9)26-15(13)19-17(20)27-12-6-5-8(14(18)22)7-10(12)21(24)25/h5-7H,2-4H2,1H3,(H2,18,22). The van der Waals surface area contributed by atoms with Crippen LogP contribution in [0.15, 0.2) is 33.0 Å². The van der Waals surface area contributed by atoms with Gasteiger partial charge in [0.1, 0.15) is 4.83 Å². The number of carbonyl (C=O) groups excluding carboxylic acids is 1. The molecule has 0 saturated heterocycles. The lowest BCUT2D eigenvalue weighted by molar-refractivity contribution is -0.387. The van der Waals surface area contributed by atoms with Crippen LogP contribution >= 0.6 is 23.1 Å². The van der Waals surface area contributed by atoms with Crippen LogP contribution in [0.25, 0.3) is 10.2 Å². The molecule has 1 aromatic carbocycles. The molecule has 2 heterocycles. The van der Waals surface area contributed by atoms with E-state index in [9.17, 15) is 19.7 Å². The fourth-order valence-corrected chi connectivity index (χ4v) is 5.43. The number of aromatic nitrogens is 2. The predicted molar refractivity (Wildman–Crippen MR) is 103 cm³/mol. The molecule has 0 spiro atoms. The second-order valence-electron chi connectivity index (χ2n) is 6.20. The third-order valence-electron chi connectivity index (χ3n) is 4.55. The molecule has 8 nitrogen and oxygen atoms in total. The topological polar surface area (TPSA) is 121 Å². The number of rotatable bonds is 4. The molecule has 0 saturated carbocycles. The molecule has 4 rings (SSSR count). The highest BCUT2D eigenvalue weighted by molar-refractivity contribution is 7.99. The van der Waals surface area contributed by atoms with Crippen molar-refractivity contribution < 1.29 is 9.72 Å². The van der Waals surface area contributed by atoms with Gasteiger partial charge in [-0.15, -0.1) is 11.3 Å². The summed E-state index contributed by atoms with van der Waals surface area (Å²) in [6.45, 7) is 0. The van der Waals surface area contributed by atoms with E-state index in [-0.39, 0.29) is 21.7 Å². The molecular weight excluding hydrogens is 388 g/mol. The minimum Gasteiger partial charge on any atom is -0.366 e. The molecule has 0 atom stereocenters. The summed E-state index contributed by atoms with van der Waals surface area (Å²) < 4.78 is 1.42. The fraction of sp³-hybridized carbons (Fsp3) is 0.235. The van der Waals surface area contributed by atoms with Crippen molar-refractivity contribution >= 4 is 44.9 Å². The second kappa shape index (κ2) is 6.46.